The Kier molecular flexibility index (Phi) is 2.42. The molecule has 6 nitrogen and oxygen atoms in total. The van der Waals surface area contributed by atoms with Gasteiger partial charge in [-0.1, -0.05) is 41.6 Å². The highest BCUT2D eigenvalue weighted by molar-refractivity contribution is 5.93. The number of rotatable bonds is 2. The van der Waals surface area contributed by atoms with E-state index in [2.05, 4.69) is 10.3 Å². The molecule has 3 rings (SSSR count). The Morgan fingerprint density at radius 3 is 2.63 bits per heavy atom. The Morgan fingerprint density at radius 2 is 1.89 bits per heavy atom. The predicted octanol–water partition coefficient (Wildman–Crippen LogP) is 1.70. The molecule has 0 aliphatic rings. The molecule has 6 heteroatoms. The second kappa shape index (κ2) is 4.09. The number of nitrogens with two attached hydrogens (primary N) is 1. The van der Waals surface area contributed by atoms with Gasteiger partial charge in [-0.2, -0.15) is 4.68 Å². The summed E-state index contributed by atoms with van der Waals surface area (Å²) in [7, 11) is 0. The molecule has 19 heavy (non-hydrogen) atoms. The minimum Gasteiger partial charge on any atom is -0.476 e. The predicted molar refractivity (Wildman–Crippen MR) is 70.2 cm³/mol. The zero-order chi connectivity index (χ0) is 13.4. The number of carboxylic acid groups (broad SMARTS) is 1. The summed E-state index contributed by atoms with van der Waals surface area (Å²) in [5.41, 5.74) is 6.25. The van der Waals surface area contributed by atoms with Gasteiger partial charge in [0, 0.05) is 5.39 Å². The molecule has 0 saturated heterocycles. The molecule has 0 spiro atoms. The lowest BCUT2D eigenvalue weighted by molar-refractivity contribution is 0.0691. The lowest BCUT2D eigenvalue weighted by Gasteiger charge is -2.07. The minimum absolute atomic E-state index is 0.0175. The molecule has 0 amide bonds. The van der Waals surface area contributed by atoms with Gasteiger partial charge in [-0.05, 0) is 11.5 Å². The molecular formula is C13H10N4O2. The zero-order valence-electron chi connectivity index (χ0n) is 9.82. The summed E-state index contributed by atoms with van der Waals surface area (Å²) >= 11 is 0. The maximum Gasteiger partial charge on any atom is 0.360 e. The Hall–Kier alpha value is -2.89. The summed E-state index contributed by atoms with van der Waals surface area (Å²) in [6.45, 7) is 0. The van der Waals surface area contributed by atoms with Crippen LogP contribution in [0.15, 0.2) is 42.5 Å². The first-order valence-corrected chi connectivity index (χ1v) is 5.61. The number of carboxylic acids is 1. The number of nitrogens with zero attached hydrogens (tertiary/aromatic N) is 3. The molecule has 0 aliphatic heterocycles. The van der Waals surface area contributed by atoms with E-state index in [0.717, 1.165) is 10.8 Å². The molecule has 0 unspecified atom stereocenters. The van der Waals surface area contributed by atoms with E-state index in [-0.39, 0.29) is 11.5 Å². The number of hydrogen-bond acceptors (Lipinski definition) is 4. The number of anilines is 1. The molecule has 2 aromatic carbocycles. The summed E-state index contributed by atoms with van der Waals surface area (Å²) in [5.74, 6) is -1.17. The van der Waals surface area contributed by atoms with E-state index >= 15 is 0 Å². The van der Waals surface area contributed by atoms with Gasteiger partial charge >= 0.3 is 5.97 Å². The Balaban J connectivity index is 2.28. The van der Waals surface area contributed by atoms with Crippen LogP contribution in [0.2, 0.25) is 0 Å². The third-order valence-electron chi connectivity index (χ3n) is 2.90. The van der Waals surface area contributed by atoms with E-state index in [0.29, 0.717) is 5.69 Å². The highest BCUT2D eigenvalue weighted by atomic mass is 16.4. The third-order valence-corrected chi connectivity index (χ3v) is 2.90. The first-order valence-electron chi connectivity index (χ1n) is 5.61. The monoisotopic (exact) mass is 254 g/mol. The Morgan fingerprint density at radius 1 is 1.16 bits per heavy atom. The fraction of sp³-hybridized carbons (Fsp3) is 0. The molecule has 1 heterocycles. The van der Waals surface area contributed by atoms with Crippen LogP contribution in [0.3, 0.4) is 0 Å². The molecule has 3 aromatic rings. The van der Waals surface area contributed by atoms with Crippen LogP contribution in [0.1, 0.15) is 10.5 Å². The molecule has 0 atom stereocenters. The van der Waals surface area contributed by atoms with Crippen LogP contribution in [-0.2, 0) is 0 Å². The molecule has 0 radical (unpaired) electrons. The number of benzene rings is 2. The molecule has 0 bridgehead atoms. The van der Waals surface area contributed by atoms with Gasteiger partial charge in [0.2, 0.25) is 5.69 Å². The second-order valence-electron chi connectivity index (χ2n) is 4.04. The van der Waals surface area contributed by atoms with Crippen molar-refractivity contribution in [2.45, 2.75) is 0 Å². The van der Waals surface area contributed by atoms with Gasteiger partial charge in [-0.3, -0.25) is 0 Å². The Bertz CT molecular complexity index is 774. The average molecular weight is 254 g/mol. The second-order valence-corrected chi connectivity index (χ2v) is 4.04. The fourth-order valence-electron chi connectivity index (χ4n) is 2.01. The van der Waals surface area contributed by atoms with Gasteiger partial charge in [-0.15, -0.1) is 5.10 Å². The largest absolute Gasteiger partial charge is 0.476 e. The molecule has 3 N–H and O–H groups in total. The van der Waals surface area contributed by atoms with Crippen LogP contribution in [0, 0.1) is 0 Å². The highest BCUT2D eigenvalue weighted by Crippen LogP contribution is 2.24. The van der Waals surface area contributed by atoms with Crippen molar-refractivity contribution < 1.29 is 9.90 Å². The van der Waals surface area contributed by atoms with E-state index in [9.17, 15) is 4.79 Å². The van der Waals surface area contributed by atoms with Gasteiger partial charge in [0.1, 0.15) is 0 Å². The minimum atomic E-state index is -1.19. The number of carbonyl (C=O) groups is 1. The van der Waals surface area contributed by atoms with Gasteiger partial charge in [0.15, 0.2) is 5.82 Å². The lowest BCUT2D eigenvalue weighted by Crippen LogP contribution is -2.06. The average Bonchev–Trinajstić information content (AvgIpc) is 2.80. The van der Waals surface area contributed by atoms with E-state index in [1.807, 2.05) is 42.5 Å². The van der Waals surface area contributed by atoms with Crippen LogP contribution in [0.5, 0.6) is 0 Å². The Labute approximate surface area is 108 Å². The summed E-state index contributed by atoms with van der Waals surface area (Å²) in [4.78, 5) is 10.9. The third kappa shape index (κ3) is 1.70. The van der Waals surface area contributed by atoms with Crippen molar-refractivity contribution in [1.29, 1.82) is 0 Å². The first kappa shape index (κ1) is 11.2. The van der Waals surface area contributed by atoms with Gasteiger partial charge in [-0.25, -0.2) is 4.79 Å². The van der Waals surface area contributed by atoms with Gasteiger partial charge in [0.05, 0.1) is 5.69 Å². The highest BCUT2D eigenvalue weighted by Gasteiger charge is 2.18. The topological polar surface area (TPSA) is 94.0 Å². The van der Waals surface area contributed by atoms with Gasteiger partial charge < -0.3 is 10.8 Å². The van der Waals surface area contributed by atoms with Crippen molar-refractivity contribution in [2.24, 2.45) is 0 Å². The van der Waals surface area contributed by atoms with Crippen LogP contribution < -0.4 is 5.73 Å². The van der Waals surface area contributed by atoms with Crippen LogP contribution in [-0.4, -0.2) is 26.1 Å². The smallest absolute Gasteiger partial charge is 0.360 e. The molecule has 1 aromatic heterocycles. The molecule has 0 aliphatic carbocycles. The van der Waals surface area contributed by atoms with E-state index in [4.69, 9.17) is 10.8 Å². The quantitative estimate of drug-likeness (QED) is 0.725. The van der Waals surface area contributed by atoms with E-state index in [1.165, 1.54) is 4.68 Å². The van der Waals surface area contributed by atoms with Crippen LogP contribution >= 0.6 is 0 Å². The van der Waals surface area contributed by atoms with E-state index in [1.54, 1.807) is 0 Å². The number of aromatic nitrogens is 3. The summed E-state index contributed by atoms with van der Waals surface area (Å²) in [6.07, 6.45) is 0. The fourth-order valence-corrected chi connectivity index (χ4v) is 2.01. The zero-order valence-corrected chi connectivity index (χ0v) is 9.82. The van der Waals surface area contributed by atoms with Crippen molar-refractivity contribution in [1.82, 2.24) is 15.0 Å². The maximum absolute atomic E-state index is 10.9. The SMILES string of the molecule is Nc1c(C(=O)O)nnn1-c1cccc2ccccc12. The number of fused-ring (bicyclic) bond motifs is 1. The first-order chi connectivity index (χ1) is 9.18. The van der Waals surface area contributed by atoms with Crippen molar-refractivity contribution in [3.63, 3.8) is 0 Å². The van der Waals surface area contributed by atoms with Crippen LogP contribution in [0.4, 0.5) is 5.82 Å². The number of aromatic carboxylic acids is 1. The molecule has 94 valence electrons. The lowest BCUT2D eigenvalue weighted by atomic mass is 10.1. The van der Waals surface area contributed by atoms with E-state index < -0.39 is 5.97 Å². The summed E-state index contributed by atoms with van der Waals surface area (Å²) in [5, 5.41) is 18.3. The normalized spacial score (nSPS) is 10.7. The molecular weight excluding hydrogens is 244 g/mol. The van der Waals surface area contributed by atoms with Crippen molar-refractivity contribution >= 4 is 22.6 Å². The summed E-state index contributed by atoms with van der Waals surface area (Å²) < 4.78 is 1.34. The van der Waals surface area contributed by atoms with Crippen molar-refractivity contribution in [2.75, 3.05) is 5.73 Å². The summed E-state index contributed by atoms with van der Waals surface area (Å²) in [6, 6.07) is 13.4. The molecule has 0 saturated carbocycles. The molecule has 0 fully saturated rings. The number of nitrogen functional groups attached to an aromatic ring is 1. The standard InChI is InChI=1S/C13H10N4O2/c14-12-11(13(18)19)15-16-17(12)10-7-3-5-8-4-1-2-6-9(8)10/h1-7H,14H2,(H,18,19). The van der Waals surface area contributed by atoms with Crippen molar-refractivity contribution in [3.05, 3.63) is 48.2 Å². The maximum atomic E-state index is 10.9. The van der Waals surface area contributed by atoms with Crippen molar-refractivity contribution in [3.8, 4) is 5.69 Å². The van der Waals surface area contributed by atoms with Crippen LogP contribution in [0.25, 0.3) is 16.5 Å². The van der Waals surface area contributed by atoms with Gasteiger partial charge in [0.25, 0.3) is 0 Å². The number of hydrogen-bond donors (Lipinski definition) is 2.